The number of nitrogens with zero attached hydrogens (tertiary/aromatic N) is 1. The summed E-state index contributed by atoms with van der Waals surface area (Å²) in [6.45, 7) is 9.39. The Kier molecular flexibility index (Phi) is 3.91. The number of hydrogen-bond donors (Lipinski definition) is 1. The molecule has 0 amide bonds. The predicted octanol–water partition coefficient (Wildman–Crippen LogP) is 2.43. The standard InChI is InChI=1S/C10H21NS/c1-8(2)10(9(3)12)11-6-4-5-7-11/h8-10,12H,4-7H2,1-3H3/t9-,10+/m1/s1. The van der Waals surface area contributed by atoms with Crippen molar-refractivity contribution in [2.24, 2.45) is 5.92 Å². The van der Waals surface area contributed by atoms with Gasteiger partial charge in [-0.15, -0.1) is 0 Å². The minimum absolute atomic E-state index is 0.503. The predicted molar refractivity (Wildman–Crippen MR) is 57.9 cm³/mol. The Bertz CT molecular complexity index is 120. The monoisotopic (exact) mass is 187 g/mol. The smallest absolute Gasteiger partial charge is 0.0232 e. The van der Waals surface area contributed by atoms with E-state index >= 15 is 0 Å². The van der Waals surface area contributed by atoms with Gasteiger partial charge in [0.2, 0.25) is 0 Å². The van der Waals surface area contributed by atoms with Gasteiger partial charge in [-0.3, -0.25) is 4.90 Å². The largest absolute Gasteiger partial charge is 0.299 e. The van der Waals surface area contributed by atoms with Crippen LogP contribution in [-0.4, -0.2) is 29.3 Å². The summed E-state index contributed by atoms with van der Waals surface area (Å²) in [6.07, 6.45) is 2.76. The lowest BCUT2D eigenvalue weighted by Gasteiger charge is -2.33. The lowest BCUT2D eigenvalue weighted by molar-refractivity contribution is 0.191. The average molecular weight is 187 g/mol. The molecule has 2 atom stereocenters. The third-order valence-corrected chi connectivity index (χ3v) is 3.05. The summed E-state index contributed by atoms with van der Waals surface area (Å²) in [5.74, 6) is 0.732. The normalized spacial score (nSPS) is 24.8. The number of rotatable bonds is 3. The first-order valence-corrected chi connectivity index (χ1v) is 5.56. The van der Waals surface area contributed by atoms with E-state index in [0.29, 0.717) is 11.3 Å². The van der Waals surface area contributed by atoms with Gasteiger partial charge in [0.1, 0.15) is 0 Å². The topological polar surface area (TPSA) is 3.24 Å². The van der Waals surface area contributed by atoms with Gasteiger partial charge in [0.15, 0.2) is 0 Å². The van der Waals surface area contributed by atoms with Crippen LogP contribution in [0.2, 0.25) is 0 Å². The minimum atomic E-state index is 0.503. The Hall–Kier alpha value is 0.310. The van der Waals surface area contributed by atoms with Crippen molar-refractivity contribution >= 4 is 12.6 Å². The molecule has 1 rings (SSSR count). The summed E-state index contributed by atoms with van der Waals surface area (Å²) < 4.78 is 0. The molecule has 0 aromatic rings. The maximum absolute atomic E-state index is 4.57. The highest BCUT2D eigenvalue weighted by Gasteiger charge is 2.27. The molecule has 0 N–H and O–H groups in total. The molecule has 0 aromatic carbocycles. The van der Waals surface area contributed by atoms with E-state index in [9.17, 15) is 0 Å². The van der Waals surface area contributed by atoms with E-state index in [1.165, 1.54) is 25.9 Å². The Morgan fingerprint density at radius 3 is 1.92 bits per heavy atom. The van der Waals surface area contributed by atoms with Crippen molar-refractivity contribution in [3.05, 3.63) is 0 Å². The van der Waals surface area contributed by atoms with Gasteiger partial charge in [0.25, 0.3) is 0 Å². The summed E-state index contributed by atoms with van der Waals surface area (Å²) in [6, 6.07) is 0.677. The van der Waals surface area contributed by atoms with Crippen molar-refractivity contribution in [2.45, 2.75) is 44.9 Å². The molecule has 0 radical (unpaired) electrons. The molecule has 0 aromatic heterocycles. The van der Waals surface area contributed by atoms with Crippen molar-refractivity contribution in [3.8, 4) is 0 Å². The Labute approximate surface area is 81.9 Å². The number of thiol groups is 1. The Morgan fingerprint density at radius 1 is 1.08 bits per heavy atom. The van der Waals surface area contributed by atoms with E-state index < -0.39 is 0 Å². The van der Waals surface area contributed by atoms with Crippen LogP contribution in [0.5, 0.6) is 0 Å². The maximum Gasteiger partial charge on any atom is 0.0232 e. The van der Waals surface area contributed by atoms with Crippen molar-refractivity contribution < 1.29 is 0 Å². The van der Waals surface area contributed by atoms with Crippen LogP contribution in [0.15, 0.2) is 0 Å². The molecular weight excluding hydrogens is 166 g/mol. The summed E-state index contributed by atoms with van der Waals surface area (Å²) >= 11 is 4.57. The second kappa shape index (κ2) is 4.52. The molecular formula is C10H21NS. The minimum Gasteiger partial charge on any atom is -0.299 e. The van der Waals surface area contributed by atoms with Crippen molar-refractivity contribution in [1.29, 1.82) is 0 Å². The number of likely N-dealkylation sites (tertiary alicyclic amines) is 1. The molecule has 0 spiro atoms. The lowest BCUT2D eigenvalue weighted by Crippen LogP contribution is -2.42. The Morgan fingerprint density at radius 2 is 1.58 bits per heavy atom. The van der Waals surface area contributed by atoms with Gasteiger partial charge < -0.3 is 0 Å². The molecule has 1 heterocycles. The van der Waals surface area contributed by atoms with Gasteiger partial charge in [-0.2, -0.15) is 12.6 Å². The van der Waals surface area contributed by atoms with Crippen LogP contribution in [0.1, 0.15) is 33.6 Å². The highest BCUT2D eigenvalue weighted by Crippen LogP contribution is 2.22. The summed E-state index contributed by atoms with van der Waals surface area (Å²) in [5.41, 5.74) is 0. The molecule has 1 saturated heterocycles. The van der Waals surface area contributed by atoms with E-state index in [-0.39, 0.29) is 0 Å². The van der Waals surface area contributed by atoms with Gasteiger partial charge >= 0.3 is 0 Å². The van der Waals surface area contributed by atoms with Gasteiger partial charge in [-0.1, -0.05) is 20.8 Å². The van der Waals surface area contributed by atoms with Crippen LogP contribution in [0, 0.1) is 5.92 Å². The maximum atomic E-state index is 4.57. The molecule has 1 aliphatic heterocycles. The second-order valence-corrected chi connectivity index (χ2v) is 5.03. The van der Waals surface area contributed by atoms with Crippen molar-refractivity contribution in [3.63, 3.8) is 0 Å². The lowest BCUT2D eigenvalue weighted by atomic mass is 10.00. The molecule has 0 bridgehead atoms. The van der Waals surface area contributed by atoms with Gasteiger partial charge in [0, 0.05) is 11.3 Å². The average Bonchev–Trinajstić information content (AvgIpc) is 2.37. The van der Waals surface area contributed by atoms with E-state index in [1.807, 2.05) is 0 Å². The first-order valence-electron chi connectivity index (χ1n) is 5.05. The highest BCUT2D eigenvalue weighted by atomic mass is 32.1. The van der Waals surface area contributed by atoms with Gasteiger partial charge in [-0.05, 0) is 31.8 Å². The van der Waals surface area contributed by atoms with Gasteiger partial charge in [-0.25, -0.2) is 0 Å². The van der Waals surface area contributed by atoms with Crippen LogP contribution < -0.4 is 0 Å². The number of hydrogen-bond acceptors (Lipinski definition) is 2. The van der Waals surface area contributed by atoms with Crippen LogP contribution in [0.4, 0.5) is 0 Å². The fourth-order valence-corrected chi connectivity index (χ4v) is 2.86. The zero-order valence-corrected chi connectivity index (χ0v) is 9.35. The van der Waals surface area contributed by atoms with Crippen molar-refractivity contribution in [1.82, 2.24) is 4.90 Å². The summed E-state index contributed by atoms with van der Waals surface area (Å²) in [5, 5.41) is 0.503. The zero-order chi connectivity index (χ0) is 9.14. The molecule has 1 nitrogen and oxygen atoms in total. The van der Waals surface area contributed by atoms with E-state index in [1.54, 1.807) is 0 Å². The Balaban J connectivity index is 2.52. The summed E-state index contributed by atoms with van der Waals surface area (Å²) in [7, 11) is 0. The molecule has 0 saturated carbocycles. The SMILES string of the molecule is CC(C)[C@@H]([C@@H](C)S)N1CCCC1. The molecule has 0 unspecified atom stereocenters. The van der Waals surface area contributed by atoms with Crippen LogP contribution in [0.3, 0.4) is 0 Å². The van der Waals surface area contributed by atoms with Gasteiger partial charge in [0.05, 0.1) is 0 Å². The molecule has 1 aliphatic rings. The fourth-order valence-electron chi connectivity index (χ4n) is 2.32. The third-order valence-electron chi connectivity index (χ3n) is 2.74. The van der Waals surface area contributed by atoms with E-state index in [4.69, 9.17) is 0 Å². The fraction of sp³-hybridized carbons (Fsp3) is 1.00. The van der Waals surface area contributed by atoms with Crippen LogP contribution in [0.25, 0.3) is 0 Å². The van der Waals surface area contributed by atoms with E-state index in [0.717, 1.165) is 5.92 Å². The zero-order valence-electron chi connectivity index (χ0n) is 8.45. The molecule has 12 heavy (non-hydrogen) atoms. The second-order valence-electron chi connectivity index (χ2n) is 4.22. The summed E-state index contributed by atoms with van der Waals surface area (Å²) in [4.78, 5) is 2.60. The molecule has 1 fully saturated rings. The quantitative estimate of drug-likeness (QED) is 0.664. The molecule has 72 valence electrons. The molecule has 2 heteroatoms. The third kappa shape index (κ3) is 2.40. The van der Waals surface area contributed by atoms with Crippen molar-refractivity contribution in [2.75, 3.05) is 13.1 Å². The molecule has 0 aliphatic carbocycles. The van der Waals surface area contributed by atoms with Crippen LogP contribution in [-0.2, 0) is 0 Å². The first-order chi connectivity index (χ1) is 5.63. The van der Waals surface area contributed by atoms with Crippen LogP contribution >= 0.6 is 12.6 Å². The van der Waals surface area contributed by atoms with E-state index in [2.05, 4.69) is 38.3 Å². The first kappa shape index (κ1) is 10.4. The highest BCUT2D eigenvalue weighted by molar-refractivity contribution is 7.81.